The van der Waals surface area contributed by atoms with Gasteiger partial charge in [0, 0.05) is 23.7 Å². The molecule has 2 N–H and O–H groups in total. The van der Waals surface area contributed by atoms with Crippen LogP contribution in [0.1, 0.15) is 52.4 Å². The van der Waals surface area contributed by atoms with Crippen LogP contribution in [0, 0.1) is 28.6 Å². The number of ketones is 1. The van der Waals surface area contributed by atoms with Crippen LogP contribution in [0.3, 0.4) is 0 Å². The van der Waals surface area contributed by atoms with Crippen LogP contribution in [0.15, 0.2) is 35.5 Å². The number of fused-ring (bicyclic) bond motifs is 5. The van der Waals surface area contributed by atoms with Gasteiger partial charge < -0.3 is 20.1 Å². The van der Waals surface area contributed by atoms with E-state index >= 15 is 0 Å². The predicted molar refractivity (Wildman–Crippen MR) is 102 cm³/mol. The number of hydrogen-bond donors (Lipinski definition) is 2. The molecule has 0 aliphatic heterocycles. The van der Waals surface area contributed by atoms with Gasteiger partial charge in [-0.05, 0) is 61.5 Å². The van der Waals surface area contributed by atoms with E-state index in [1.807, 2.05) is 6.08 Å². The Bertz CT molecular complexity index is 793. The SMILES string of the molecule is C[C@]12C=CC(=O)C=C1CC[C@@H]1[C@@H]2[C@@H](O)C[C@]2(C)/C(=C\C(O)CC(=O)[O-])CC[C@@H]12. The van der Waals surface area contributed by atoms with E-state index in [4.69, 9.17) is 0 Å². The van der Waals surface area contributed by atoms with E-state index in [0.717, 1.165) is 36.8 Å². The van der Waals surface area contributed by atoms with Gasteiger partial charge in [0.1, 0.15) is 0 Å². The molecule has 5 heteroatoms. The molecule has 0 heterocycles. The Hall–Kier alpha value is -1.72. The van der Waals surface area contributed by atoms with E-state index < -0.39 is 24.6 Å². The number of hydrogen-bond acceptors (Lipinski definition) is 5. The summed E-state index contributed by atoms with van der Waals surface area (Å²) in [5.74, 6) is -0.396. The van der Waals surface area contributed by atoms with E-state index in [0.29, 0.717) is 18.3 Å². The van der Waals surface area contributed by atoms with E-state index in [1.54, 1.807) is 18.2 Å². The molecule has 0 aromatic carbocycles. The van der Waals surface area contributed by atoms with Crippen LogP contribution in [0.2, 0.25) is 0 Å². The number of aliphatic hydroxyl groups excluding tert-OH is 2. The average Bonchev–Trinajstić information content (AvgIpc) is 2.90. The Balaban J connectivity index is 1.65. The monoisotopic (exact) mass is 385 g/mol. The highest BCUT2D eigenvalue weighted by molar-refractivity contribution is 6.01. The Labute approximate surface area is 165 Å². The van der Waals surface area contributed by atoms with Crippen LogP contribution in [0.4, 0.5) is 0 Å². The van der Waals surface area contributed by atoms with Gasteiger partial charge in [0.05, 0.1) is 12.2 Å². The fourth-order valence-corrected chi connectivity index (χ4v) is 6.91. The Morgan fingerprint density at radius 2 is 2.11 bits per heavy atom. The van der Waals surface area contributed by atoms with Gasteiger partial charge in [-0.25, -0.2) is 0 Å². The summed E-state index contributed by atoms with van der Waals surface area (Å²) in [6.07, 6.45) is 9.40. The minimum Gasteiger partial charge on any atom is -0.550 e. The van der Waals surface area contributed by atoms with E-state index in [1.165, 1.54) is 0 Å². The number of carbonyl (C=O) groups is 2. The molecule has 0 amide bonds. The van der Waals surface area contributed by atoms with Gasteiger partial charge in [0.25, 0.3) is 0 Å². The molecule has 0 bridgehead atoms. The zero-order chi connectivity index (χ0) is 20.3. The zero-order valence-corrected chi connectivity index (χ0v) is 16.6. The summed E-state index contributed by atoms with van der Waals surface area (Å²) in [7, 11) is 0. The molecule has 0 radical (unpaired) electrons. The molecule has 4 rings (SSSR count). The first-order valence-electron chi connectivity index (χ1n) is 10.4. The number of carboxylic acid groups (broad SMARTS) is 1. The molecule has 28 heavy (non-hydrogen) atoms. The normalized spacial score (nSPS) is 44.5. The Morgan fingerprint density at radius 3 is 2.82 bits per heavy atom. The number of aliphatic carboxylic acids is 1. The second-order valence-electron chi connectivity index (χ2n) is 9.59. The molecule has 4 aliphatic carbocycles. The van der Waals surface area contributed by atoms with Crippen LogP contribution in [-0.4, -0.2) is 34.2 Å². The minimum atomic E-state index is -1.26. The third-order valence-corrected chi connectivity index (χ3v) is 8.11. The number of rotatable bonds is 3. The lowest BCUT2D eigenvalue weighted by Crippen LogP contribution is -2.55. The lowest BCUT2D eigenvalue weighted by Gasteiger charge is -2.58. The van der Waals surface area contributed by atoms with Crippen molar-refractivity contribution >= 4 is 11.8 Å². The molecule has 1 unspecified atom stereocenters. The molecule has 3 saturated carbocycles. The van der Waals surface area contributed by atoms with Gasteiger partial charge >= 0.3 is 0 Å². The van der Waals surface area contributed by atoms with Gasteiger partial charge in [-0.1, -0.05) is 37.1 Å². The number of aliphatic hydroxyl groups is 2. The molecule has 5 nitrogen and oxygen atoms in total. The van der Waals surface area contributed by atoms with Gasteiger partial charge in [-0.2, -0.15) is 0 Å². The second-order valence-corrected chi connectivity index (χ2v) is 9.59. The molecular formula is C23H29O5-. The molecule has 0 spiro atoms. The molecular weight excluding hydrogens is 356 g/mol. The van der Waals surface area contributed by atoms with E-state index in [2.05, 4.69) is 13.8 Å². The van der Waals surface area contributed by atoms with Gasteiger partial charge in [-0.15, -0.1) is 0 Å². The number of carboxylic acids is 1. The molecule has 3 fully saturated rings. The Kier molecular flexibility index (Phi) is 4.66. The summed E-state index contributed by atoms with van der Waals surface area (Å²) in [6, 6.07) is 0. The van der Waals surface area contributed by atoms with Crippen molar-refractivity contribution in [2.75, 3.05) is 0 Å². The van der Waals surface area contributed by atoms with Gasteiger partial charge in [0.2, 0.25) is 0 Å². The first-order valence-corrected chi connectivity index (χ1v) is 10.4. The fourth-order valence-electron chi connectivity index (χ4n) is 6.91. The largest absolute Gasteiger partial charge is 0.550 e. The molecule has 7 atom stereocenters. The Morgan fingerprint density at radius 1 is 1.36 bits per heavy atom. The van der Waals surface area contributed by atoms with Crippen LogP contribution in [0.25, 0.3) is 0 Å². The highest BCUT2D eigenvalue weighted by Gasteiger charge is 2.60. The molecule has 4 aliphatic rings. The summed E-state index contributed by atoms with van der Waals surface area (Å²) in [6.45, 7) is 4.31. The van der Waals surface area contributed by atoms with Crippen LogP contribution in [0.5, 0.6) is 0 Å². The van der Waals surface area contributed by atoms with E-state index in [-0.39, 0.29) is 22.5 Å². The van der Waals surface area contributed by atoms with Crippen molar-refractivity contribution in [1.82, 2.24) is 0 Å². The second kappa shape index (κ2) is 6.67. The quantitative estimate of drug-likeness (QED) is 0.721. The number of allylic oxidation sites excluding steroid dienone is 5. The summed E-state index contributed by atoms with van der Waals surface area (Å²) >= 11 is 0. The molecule has 152 valence electrons. The highest BCUT2D eigenvalue weighted by atomic mass is 16.4. The summed E-state index contributed by atoms with van der Waals surface area (Å²) < 4.78 is 0. The maximum Gasteiger partial charge on any atom is 0.178 e. The van der Waals surface area contributed by atoms with Crippen molar-refractivity contribution in [3.8, 4) is 0 Å². The summed E-state index contributed by atoms with van der Waals surface area (Å²) in [5.41, 5.74) is 1.71. The lowest BCUT2D eigenvalue weighted by molar-refractivity contribution is -0.306. The maximum atomic E-state index is 11.9. The smallest absolute Gasteiger partial charge is 0.178 e. The van der Waals surface area contributed by atoms with Crippen LogP contribution < -0.4 is 5.11 Å². The van der Waals surface area contributed by atoms with Crippen molar-refractivity contribution in [3.05, 3.63) is 35.5 Å². The average molecular weight is 385 g/mol. The lowest BCUT2D eigenvalue weighted by atomic mass is 9.47. The van der Waals surface area contributed by atoms with Gasteiger partial charge in [0.15, 0.2) is 5.78 Å². The fraction of sp³-hybridized carbons (Fsp3) is 0.652. The zero-order valence-electron chi connectivity index (χ0n) is 16.6. The first kappa shape index (κ1) is 19.6. The highest BCUT2D eigenvalue weighted by Crippen LogP contribution is 2.65. The maximum absolute atomic E-state index is 11.9. The van der Waals surface area contributed by atoms with Crippen molar-refractivity contribution in [2.45, 2.75) is 64.6 Å². The van der Waals surface area contributed by atoms with Crippen molar-refractivity contribution in [2.24, 2.45) is 28.6 Å². The topological polar surface area (TPSA) is 97.7 Å². The number of carbonyl (C=O) groups excluding carboxylic acids is 2. The van der Waals surface area contributed by atoms with Crippen LogP contribution >= 0.6 is 0 Å². The van der Waals surface area contributed by atoms with Gasteiger partial charge in [-0.3, -0.25) is 4.79 Å². The minimum absolute atomic E-state index is 0.0362. The molecule has 0 aromatic heterocycles. The van der Waals surface area contributed by atoms with Crippen molar-refractivity contribution < 1.29 is 24.9 Å². The predicted octanol–water partition coefficient (Wildman–Crippen LogP) is 1.69. The molecule has 0 aromatic rings. The standard InChI is InChI=1S/C23H30O5/c1-22-8-7-15(24)9-13(22)3-5-17-18-6-4-14(10-16(25)11-20(27)28)23(18,2)12-19(26)21(17)22/h7-10,16-19,21,25-26H,3-6,11-12H2,1-2H3,(H,27,28)/p-1/b14-10-/t16?,17-,18-,19-,21+,22-,23+/m0/s1. The third kappa shape index (κ3) is 2.91. The van der Waals surface area contributed by atoms with Crippen molar-refractivity contribution in [3.63, 3.8) is 0 Å². The summed E-state index contributed by atoms with van der Waals surface area (Å²) in [5, 5.41) is 32.1. The van der Waals surface area contributed by atoms with Crippen molar-refractivity contribution in [1.29, 1.82) is 0 Å². The summed E-state index contributed by atoms with van der Waals surface area (Å²) in [4.78, 5) is 22.7. The van der Waals surface area contributed by atoms with E-state index in [9.17, 15) is 24.9 Å². The molecule has 0 saturated heterocycles. The first-order chi connectivity index (χ1) is 13.1. The van der Waals surface area contributed by atoms with Crippen LogP contribution in [-0.2, 0) is 9.59 Å². The third-order valence-electron chi connectivity index (χ3n) is 8.11.